The van der Waals surface area contributed by atoms with Crippen LogP contribution in [0.25, 0.3) is 134 Å². The largest absolute Gasteiger partial charge is 0.305 e. The van der Waals surface area contributed by atoms with Gasteiger partial charge in [0.25, 0.3) is 0 Å². The van der Waals surface area contributed by atoms with E-state index < -0.39 is 0 Å². The molecule has 3 aliphatic rings. The van der Waals surface area contributed by atoms with E-state index in [9.17, 15) is 0 Å². The molecule has 12 aromatic carbocycles. The molecular weight excluding hydrogens is 1830 g/mol. The molecule has 0 saturated carbocycles. The van der Waals surface area contributed by atoms with Crippen molar-refractivity contribution in [1.82, 2.24) is 19.9 Å². The maximum absolute atomic E-state index is 4.35. The van der Waals surface area contributed by atoms with Gasteiger partial charge in [-0.25, -0.2) is 0 Å². The Bertz CT molecular complexity index is 6200. The van der Waals surface area contributed by atoms with Crippen LogP contribution in [0.5, 0.6) is 0 Å². The van der Waals surface area contributed by atoms with Crippen LogP contribution in [0, 0.1) is 38.1 Å². The van der Waals surface area contributed by atoms with Gasteiger partial charge in [-0.1, -0.05) is 254 Å². The number of hydrogen-bond donors (Lipinski definition) is 0. The maximum atomic E-state index is 4.35. The van der Waals surface area contributed by atoms with Crippen LogP contribution in [0.4, 0.5) is 0 Å². The van der Waals surface area contributed by atoms with Crippen molar-refractivity contribution < 1.29 is 53.9 Å². The molecule has 0 aliphatic carbocycles. The zero-order valence-corrected chi connectivity index (χ0v) is 71.9. The minimum Gasteiger partial charge on any atom is -0.305 e. The first-order valence-corrected chi connectivity index (χ1v) is 40.1. The van der Waals surface area contributed by atoms with E-state index in [1.165, 1.54) is 117 Å². The number of rotatable bonds is 9. The number of aryl methyl sites for hydroxylation is 2. The molecule has 0 spiro atoms. The van der Waals surface area contributed by atoms with Crippen LogP contribution in [-0.2, 0) is 59.8 Å². The predicted octanol–water partition coefficient (Wildman–Crippen LogP) is 25.2. The number of pyridine rings is 7. The molecule has 588 valence electrons. The standard InChI is InChI=1S/2C19H16N.C18H14N.2C17H12N.2C11H8N.2Ir/c1-14-11-19-17-10-6-5-9-16(17)12-20(19)13-18(14)15-7-3-2-4-8-15;1-14-9-10-20-13-17-8-7-16(12-18(17)19(20)11-14)15-5-3-2-4-6-15;1-2-6-14(7-3-1)15-9-10-16-13-19-11-5-4-8-18(19)17(16)12-15;1-2-7-14(8-3-1)15-9-6-10-16(13-15)17-11-4-5-12-18-17;1-2-6-14(7-3-1)15-9-11-16(12-10-15)17-8-4-5-13-18-17;2*1-2-6-10(7-3-1)11-8-4-5-9-12-11;;/h2-11,13H,12H2,1H3;2-12H,13H2,1H3;1-12H,13H2;1-9,11-13H;1-11,13H;2*1-6,8-9H;;/q3*+1;4*-1;;. The molecule has 7 aromatic heterocycles. The van der Waals surface area contributed by atoms with E-state index in [0.717, 1.165) is 64.7 Å². The van der Waals surface area contributed by atoms with E-state index in [1.54, 1.807) is 24.8 Å². The summed E-state index contributed by atoms with van der Waals surface area (Å²) in [4.78, 5) is 17.1. The fourth-order valence-corrected chi connectivity index (χ4v) is 14.8. The second kappa shape index (κ2) is 41.9. The summed E-state index contributed by atoms with van der Waals surface area (Å²) in [6.07, 6.45) is 13.8. The molecule has 0 fully saturated rings. The van der Waals surface area contributed by atoms with Gasteiger partial charge in [0.05, 0.1) is 16.7 Å². The summed E-state index contributed by atoms with van der Waals surface area (Å²) in [7, 11) is 0. The third-order valence-corrected chi connectivity index (χ3v) is 20.9. The zero-order valence-electron chi connectivity index (χ0n) is 67.1. The summed E-state index contributed by atoms with van der Waals surface area (Å²) in [5.41, 5.74) is 35.5. The average molecular weight is 1910 g/mol. The summed E-state index contributed by atoms with van der Waals surface area (Å²) >= 11 is 0. The van der Waals surface area contributed by atoms with Gasteiger partial charge in [0.15, 0.2) is 38.2 Å². The molecule has 19 aromatic rings. The van der Waals surface area contributed by atoms with Gasteiger partial charge in [0.1, 0.15) is 0 Å². The molecule has 0 amide bonds. The Morgan fingerprint density at radius 2 is 0.636 bits per heavy atom. The van der Waals surface area contributed by atoms with Gasteiger partial charge in [-0.05, 0) is 130 Å². The van der Waals surface area contributed by atoms with Gasteiger partial charge in [-0.15, -0.1) is 137 Å². The number of aromatic nitrogens is 7. The second-order valence-corrected chi connectivity index (χ2v) is 28.9. The molecule has 0 atom stereocenters. The smallest absolute Gasteiger partial charge is 0.213 e. The first kappa shape index (κ1) is 83.5. The number of nitrogens with zero attached hydrogens (tertiary/aromatic N) is 7. The van der Waals surface area contributed by atoms with Crippen LogP contribution in [0.1, 0.15) is 27.8 Å². The molecule has 3 aliphatic heterocycles. The molecule has 0 unspecified atom stereocenters. The topological polar surface area (TPSA) is 63.2 Å². The first-order chi connectivity index (χ1) is 58.8. The molecule has 10 heterocycles. The SMILES string of the molecule is Cc1cc2[n+](cc1-c1ccccc1)Cc1ccccc1-2.Cc1cc[n+]2c(c1)-c1cc(-c3ccccc3)ccc1C2.[Ir].[Ir].[c-]1cc(-c2ccccc2)ccc1-c1ccccn1.[c-]1ccc(-c2ccccc2)cc1-c1ccccn1.[c-]1ccccc1-c1ccccn1.[c-]1ccccc1-c1ccccn1.c1ccc(-c2ccc3c(c2)-c2cccc[n+]2C3)cc1. The third-order valence-electron chi connectivity index (χ3n) is 20.9. The van der Waals surface area contributed by atoms with Crippen molar-refractivity contribution in [3.8, 4) is 134 Å². The molecule has 0 saturated heterocycles. The van der Waals surface area contributed by atoms with Crippen molar-refractivity contribution in [2.45, 2.75) is 33.5 Å². The molecule has 9 heteroatoms. The van der Waals surface area contributed by atoms with Crippen molar-refractivity contribution in [3.63, 3.8) is 0 Å². The first-order valence-electron chi connectivity index (χ1n) is 40.1. The minimum absolute atomic E-state index is 0. The molecular formula is C112H86Ir2N7-. The van der Waals surface area contributed by atoms with Crippen molar-refractivity contribution in [2.75, 3.05) is 0 Å². The van der Waals surface area contributed by atoms with E-state index in [4.69, 9.17) is 0 Å². The van der Waals surface area contributed by atoms with E-state index in [-0.39, 0.29) is 40.2 Å². The van der Waals surface area contributed by atoms with Gasteiger partial charge in [0.2, 0.25) is 17.1 Å². The van der Waals surface area contributed by atoms with E-state index >= 15 is 0 Å². The molecule has 121 heavy (non-hydrogen) atoms. The van der Waals surface area contributed by atoms with Crippen LogP contribution < -0.4 is 13.7 Å². The van der Waals surface area contributed by atoms with Crippen molar-refractivity contribution in [3.05, 3.63) is 502 Å². The summed E-state index contributed by atoms with van der Waals surface area (Å²) in [6.45, 7) is 7.30. The molecule has 2 radical (unpaired) electrons. The molecule has 0 bridgehead atoms. The summed E-state index contributed by atoms with van der Waals surface area (Å²) < 4.78 is 6.99. The Morgan fingerprint density at radius 3 is 1.12 bits per heavy atom. The van der Waals surface area contributed by atoms with E-state index in [2.05, 4.69) is 327 Å². The van der Waals surface area contributed by atoms with Crippen molar-refractivity contribution >= 4 is 0 Å². The molecule has 0 N–H and O–H groups in total. The monoisotopic (exact) mass is 1910 g/mol. The Kier molecular flexibility index (Phi) is 28.9. The Labute approximate surface area is 737 Å². The molecule has 22 rings (SSSR count). The van der Waals surface area contributed by atoms with Gasteiger partial charge in [0, 0.05) is 118 Å². The normalized spacial score (nSPS) is 10.8. The zero-order chi connectivity index (χ0) is 80.6. The predicted molar refractivity (Wildman–Crippen MR) is 484 cm³/mol. The molecule has 7 nitrogen and oxygen atoms in total. The van der Waals surface area contributed by atoms with Crippen LogP contribution in [0.2, 0.25) is 0 Å². The van der Waals surface area contributed by atoms with Crippen molar-refractivity contribution in [1.29, 1.82) is 0 Å². The van der Waals surface area contributed by atoms with E-state index in [1.807, 2.05) is 170 Å². The van der Waals surface area contributed by atoms with E-state index in [0.29, 0.717) is 0 Å². The van der Waals surface area contributed by atoms with Crippen LogP contribution in [-0.4, -0.2) is 19.9 Å². The van der Waals surface area contributed by atoms with Crippen LogP contribution >= 0.6 is 0 Å². The van der Waals surface area contributed by atoms with Gasteiger partial charge in [-0.2, -0.15) is 13.7 Å². The summed E-state index contributed by atoms with van der Waals surface area (Å²) in [5, 5.41) is 0. The average Bonchev–Trinajstić information content (AvgIpc) is 1.69. The number of benzene rings is 12. The fourth-order valence-electron chi connectivity index (χ4n) is 14.8. The van der Waals surface area contributed by atoms with Crippen LogP contribution in [0.15, 0.2) is 450 Å². The summed E-state index contributed by atoms with van der Waals surface area (Å²) in [5.74, 6) is 0. The van der Waals surface area contributed by atoms with Crippen LogP contribution in [0.3, 0.4) is 0 Å². The van der Waals surface area contributed by atoms with Gasteiger partial charge >= 0.3 is 0 Å². The Morgan fingerprint density at radius 1 is 0.240 bits per heavy atom. The van der Waals surface area contributed by atoms with Crippen molar-refractivity contribution in [2.24, 2.45) is 0 Å². The maximum Gasteiger partial charge on any atom is 0.213 e. The number of fused-ring (bicyclic) bond motifs is 9. The summed E-state index contributed by atoms with van der Waals surface area (Å²) in [6, 6.07) is 152. The van der Waals surface area contributed by atoms with Gasteiger partial charge < -0.3 is 19.9 Å². The minimum atomic E-state index is 0. The Balaban J connectivity index is 0.000000116. The quantitative estimate of drug-likeness (QED) is 0.107. The number of hydrogen-bond acceptors (Lipinski definition) is 4. The second-order valence-electron chi connectivity index (χ2n) is 28.9. The van der Waals surface area contributed by atoms with Gasteiger partial charge in [-0.3, -0.25) is 0 Å². The fraction of sp³-hybridized carbons (Fsp3) is 0.0446. The third kappa shape index (κ3) is 21.5. The Hall–Kier alpha value is -14.0.